The molecule has 122 valence electrons. The first-order valence-electron chi connectivity index (χ1n) is 6.27. The quantitative estimate of drug-likeness (QED) is 0.886. The SMILES string of the molecule is C[C@@H](N)C(=O)NC(c1cccc(F)c1)c1nccn1C.Cl.Cl. The van der Waals surface area contributed by atoms with Crippen LogP contribution in [0.4, 0.5) is 4.39 Å². The van der Waals surface area contributed by atoms with Gasteiger partial charge >= 0.3 is 0 Å². The molecule has 3 N–H and O–H groups in total. The second kappa shape index (κ2) is 8.73. The Balaban J connectivity index is 0.00000220. The van der Waals surface area contributed by atoms with Gasteiger partial charge in [0.2, 0.25) is 5.91 Å². The Morgan fingerprint density at radius 3 is 2.59 bits per heavy atom. The number of hydrogen-bond acceptors (Lipinski definition) is 3. The zero-order chi connectivity index (χ0) is 14.7. The van der Waals surface area contributed by atoms with Crippen LogP contribution in [0.2, 0.25) is 0 Å². The molecule has 1 amide bonds. The predicted octanol–water partition coefficient (Wildman–Crippen LogP) is 1.96. The van der Waals surface area contributed by atoms with Crippen LogP contribution in [0.15, 0.2) is 36.7 Å². The molecule has 1 aromatic carbocycles. The number of halogens is 3. The Morgan fingerprint density at radius 2 is 2.09 bits per heavy atom. The number of imidazole rings is 1. The molecule has 0 saturated carbocycles. The second-order valence-corrected chi connectivity index (χ2v) is 4.68. The second-order valence-electron chi connectivity index (χ2n) is 4.68. The van der Waals surface area contributed by atoms with Crippen molar-refractivity contribution in [3.05, 3.63) is 53.9 Å². The molecule has 2 rings (SSSR count). The summed E-state index contributed by atoms with van der Waals surface area (Å²) in [7, 11) is 1.81. The first-order chi connectivity index (χ1) is 9.49. The van der Waals surface area contributed by atoms with Gasteiger partial charge in [-0.2, -0.15) is 0 Å². The molecular formula is C14H19Cl2FN4O. The average Bonchev–Trinajstić information content (AvgIpc) is 2.81. The fraction of sp³-hybridized carbons (Fsp3) is 0.286. The highest BCUT2D eigenvalue weighted by Crippen LogP contribution is 2.21. The van der Waals surface area contributed by atoms with E-state index in [2.05, 4.69) is 10.3 Å². The van der Waals surface area contributed by atoms with E-state index < -0.39 is 12.1 Å². The largest absolute Gasteiger partial charge is 0.341 e. The van der Waals surface area contributed by atoms with Gasteiger partial charge in [-0.1, -0.05) is 12.1 Å². The lowest BCUT2D eigenvalue weighted by atomic mass is 10.1. The number of hydrogen-bond donors (Lipinski definition) is 2. The Labute approximate surface area is 140 Å². The number of amides is 1. The minimum atomic E-state index is -0.647. The van der Waals surface area contributed by atoms with E-state index in [1.54, 1.807) is 36.0 Å². The standard InChI is InChI=1S/C14H17FN4O.2ClH/c1-9(16)14(20)18-12(13-17-6-7-19(13)2)10-4-3-5-11(15)8-10;;/h3-9,12H,16H2,1-2H3,(H,18,20);2*1H/t9-,12?;;/m1../s1. The third kappa shape index (κ3) is 4.69. The number of nitrogens with one attached hydrogen (secondary N) is 1. The number of aromatic nitrogens is 2. The maximum Gasteiger partial charge on any atom is 0.237 e. The molecule has 0 aliphatic heterocycles. The molecule has 1 heterocycles. The summed E-state index contributed by atoms with van der Waals surface area (Å²) in [5.74, 6) is -0.0661. The minimum absolute atomic E-state index is 0. The van der Waals surface area contributed by atoms with E-state index in [-0.39, 0.29) is 36.5 Å². The van der Waals surface area contributed by atoms with Crippen LogP contribution in [-0.2, 0) is 11.8 Å². The molecule has 0 radical (unpaired) electrons. The maximum atomic E-state index is 13.4. The van der Waals surface area contributed by atoms with Gasteiger partial charge in [-0.15, -0.1) is 24.8 Å². The fourth-order valence-corrected chi connectivity index (χ4v) is 1.91. The van der Waals surface area contributed by atoms with Crippen molar-refractivity contribution in [2.45, 2.75) is 19.0 Å². The smallest absolute Gasteiger partial charge is 0.237 e. The van der Waals surface area contributed by atoms with Crippen molar-refractivity contribution in [3.8, 4) is 0 Å². The van der Waals surface area contributed by atoms with E-state index in [4.69, 9.17) is 5.73 Å². The van der Waals surface area contributed by atoms with Gasteiger partial charge in [0.05, 0.1) is 6.04 Å². The highest BCUT2D eigenvalue weighted by atomic mass is 35.5. The number of nitrogens with zero attached hydrogens (tertiary/aromatic N) is 2. The average molecular weight is 349 g/mol. The number of aryl methyl sites for hydroxylation is 1. The number of benzene rings is 1. The van der Waals surface area contributed by atoms with Gasteiger partial charge in [0, 0.05) is 19.4 Å². The van der Waals surface area contributed by atoms with Crippen molar-refractivity contribution in [2.24, 2.45) is 12.8 Å². The van der Waals surface area contributed by atoms with Crippen LogP contribution < -0.4 is 11.1 Å². The zero-order valence-corrected chi connectivity index (χ0v) is 13.8. The van der Waals surface area contributed by atoms with E-state index in [0.717, 1.165) is 0 Å². The van der Waals surface area contributed by atoms with Gasteiger partial charge in [-0.25, -0.2) is 9.37 Å². The predicted molar refractivity (Wildman–Crippen MR) is 87.7 cm³/mol. The van der Waals surface area contributed by atoms with Crippen molar-refractivity contribution < 1.29 is 9.18 Å². The topological polar surface area (TPSA) is 72.9 Å². The van der Waals surface area contributed by atoms with Crippen molar-refractivity contribution >= 4 is 30.7 Å². The molecule has 0 spiro atoms. The molecule has 5 nitrogen and oxygen atoms in total. The Hall–Kier alpha value is -1.63. The fourth-order valence-electron chi connectivity index (χ4n) is 1.91. The summed E-state index contributed by atoms with van der Waals surface area (Å²) in [6, 6.07) is 4.88. The summed E-state index contributed by atoms with van der Waals surface area (Å²) in [4.78, 5) is 16.1. The molecule has 2 aromatic rings. The Morgan fingerprint density at radius 1 is 1.41 bits per heavy atom. The van der Waals surface area contributed by atoms with E-state index in [0.29, 0.717) is 11.4 Å². The minimum Gasteiger partial charge on any atom is -0.341 e. The van der Waals surface area contributed by atoms with Crippen LogP contribution in [0.25, 0.3) is 0 Å². The summed E-state index contributed by atoms with van der Waals surface area (Å²) >= 11 is 0. The van der Waals surface area contributed by atoms with Crippen molar-refractivity contribution in [2.75, 3.05) is 0 Å². The summed E-state index contributed by atoms with van der Waals surface area (Å²) < 4.78 is 15.2. The van der Waals surface area contributed by atoms with Crippen molar-refractivity contribution in [3.63, 3.8) is 0 Å². The molecule has 22 heavy (non-hydrogen) atoms. The van der Waals surface area contributed by atoms with Gasteiger partial charge in [-0.05, 0) is 24.6 Å². The number of rotatable bonds is 4. The lowest BCUT2D eigenvalue weighted by Gasteiger charge is -2.20. The van der Waals surface area contributed by atoms with Gasteiger partial charge in [0.25, 0.3) is 0 Å². The van der Waals surface area contributed by atoms with Crippen LogP contribution in [0.5, 0.6) is 0 Å². The highest BCUT2D eigenvalue weighted by Gasteiger charge is 2.22. The number of carbonyl (C=O) groups excluding carboxylic acids is 1. The third-order valence-corrected chi connectivity index (χ3v) is 3.00. The summed E-state index contributed by atoms with van der Waals surface area (Å²) in [6.07, 6.45) is 3.39. The lowest BCUT2D eigenvalue weighted by molar-refractivity contribution is -0.122. The van der Waals surface area contributed by atoms with E-state index in [9.17, 15) is 9.18 Å². The summed E-state index contributed by atoms with van der Waals surface area (Å²) in [6.45, 7) is 1.59. The molecule has 0 aliphatic carbocycles. The molecule has 2 atom stereocenters. The molecule has 0 bridgehead atoms. The van der Waals surface area contributed by atoms with Gasteiger partial charge in [-0.3, -0.25) is 4.79 Å². The van der Waals surface area contributed by atoms with E-state index >= 15 is 0 Å². The number of nitrogens with two attached hydrogens (primary N) is 1. The first kappa shape index (κ1) is 20.4. The molecule has 0 fully saturated rings. The zero-order valence-electron chi connectivity index (χ0n) is 12.2. The summed E-state index contributed by atoms with van der Waals surface area (Å²) in [5, 5.41) is 2.79. The van der Waals surface area contributed by atoms with Crippen LogP contribution in [-0.4, -0.2) is 21.5 Å². The van der Waals surface area contributed by atoms with Crippen LogP contribution in [0, 0.1) is 5.82 Å². The molecule has 1 unspecified atom stereocenters. The van der Waals surface area contributed by atoms with E-state index in [1.807, 2.05) is 7.05 Å². The first-order valence-corrected chi connectivity index (χ1v) is 6.27. The van der Waals surface area contributed by atoms with Crippen molar-refractivity contribution in [1.82, 2.24) is 14.9 Å². The molecular weight excluding hydrogens is 330 g/mol. The Bertz CT molecular complexity index is 618. The van der Waals surface area contributed by atoms with Gasteiger partial charge in [0.15, 0.2) is 0 Å². The monoisotopic (exact) mass is 348 g/mol. The molecule has 0 saturated heterocycles. The third-order valence-electron chi connectivity index (χ3n) is 3.00. The van der Waals surface area contributed by atoms with Gasteiger partial charge in [0.1, 0.15) is 17.7 Å². The van der Waals surface area contributed by atoms with Gasteiger partial charge < -0.3 is 15.6 Å². The highest BCUT2D eigenvalue weighted by molar-refractivity contribution is 5.85. The Kier molecular flexibility index (Phi) is 8.08. The van der Waals surface area contributed by atoms with E-state index in [1.165, 1.54) is 12.1 Å². The molecule has 0 aliphatic rings. The molecule has 8 heteroatoms. The van der Waals surface area contributed by atoms with Crippen LogP contribution in [0.1, 0.15) is 24.4 Å². The summed E-state index contributed by atoms with van der Waals surface area (Å²) in [5.41, 5.74) is 6.19. The van der Waals surface area contributed by atoms with Crippen LogP contribution in [0.3, 0.4) is 0 Å². The van der Waals surface area contributed by atoms with Crippen molar-refractivity contribution in [1.29, 1.82) is 0 Å². The lowest BCUT2D eigenvalue weighted by Crippen LogP contribution is -2.41. The maximum absolute atomic E-state index is 13.4. The normalized spacial score (nSPS) is 12.5. The van der Waals surface area contributed by atoms with Crippen LogP contribution >= 0.6 is 24.8 Å². The number of carbonyl (C=O) groups is 1. The molecule has 1 aromatic heterocycles.